The highest BCUT2D eigenvalue weighted by Gasteiger charge is 2.15. The summed E-state index contributed by atoms with van der Waals surface area (Å²) in [5.74, 6) is -0.161. The standard InChI is InChI=1S/C17H14Cl2O4/c1-10(20)11-6-7-15(22-2)12(8-11)9-23-17(21)13-4-3-5-14(18)16(13)19/h3-8H,9H2,1-2H3. The molecule has 0 aliphatic carbocycles. The van der Waals surface area contributed by atoms with Crippen molar-refractivity contribution >= 4 is 35.0 Å². The number of esters is 1. The van der Waals surface area contributed by atoms with Gasteiger partial charge >= 0.3 is 5.97 Å². The fourth-order valence-electron chi connectivity index (χ4n) is 1.99. The van der Waals surface area contributed by atoms with Crippen LogP contribution in [0.4, 0.5) is 0 Å². The monoisotopic (exact) mass is 352 g/mol. The smallest absolute Gasteiger partial charge is 0.340 e. The van der Waals surface area contributed by atoms with Crippen molar-refractivity contribution in [2.24, 2.45) is 0 Å². The van der Waals surface area contributed by atoms with E-state index >= 15 is 0 Å². The molecule has 0 fully saturated rings. The number of Topliss-reactive ketones (excluding diaryl/α,β-unsaturated/α-hetero) is 1. The first-order valence-electron chi connectivity index (χ1n) is 6.73. The van der Waals surface area contributed by atoms with Crippen LogP contribution in [0.25, 0.3) is 0 Å². The summed E-state index contributed by atoms with van der Waals surface area (Å²) in [5, 5.41) is 0.417. The summed E-state index contributed by atoms with van der Waals surface area (Å²) in [6.07, 6.45) is 0. The molecule has 0 radical (unpaired) electrons. The molecule has 2 aromatic rings. The summed E-state index contributed by atoms with van der Waals surface area (Å²) in [7, 11) is 1.50. The fourth-order valence-corrected chi connectivity index (χ4v) is 2.37. The Bertz CT molecular complexity index is 756. The maximum Gasteiger partial charge on any atom is 0.340 e. The number of carbonyl (C=O) groups excluding carboxylic acids is 2. The normalized spacial score (nSPS) is 10.3. The van der Waals surface area contributed by atoms with Gasteiger partial charge < -0.3 is 9.47 Å². The molecule has 2 rings (SSSR count). The molecule has 0 spiro atoms. The van der Waals surface area contributed by atoms with Gasteiger partial charge in [-0.1, -0.05) is 29.3 Å². The lowest BCUT2D eigenvalue weighted by molar-refractivity contribution is 0.0470. The van der Waals surface area contributed by atoms with Gasteiger partial charge in [0.25, 0.3) is 0 Å². The zero-order valence-electron chi connectivity index (χ0n) is 12.6. The summed E-state index contributed by atoms with van der Waals surface area (Å²) in [5.41, 5.74) is 1.28. The molecule has 0 saturated heterocycles. The minimum Gasteiger partial charge on any atom is -0.496 e. The lowest BCUT2D eigenvalue weighted by Gasteiger charge is -2.11. The first kappa shape index (κ1) is 17.3. The quantitative estimate of drug-likeness (QED) is 0.584. The largest absolute Gasteiger partial charge is 0.496 e. The van der Waals surface area contributed by atoms with Crippen LogP contribution in [0.3, 0.4) is 0 Å². The van der Waals surface area contributed by atoms with E-state index in [1.807, 2.05) is 0 Å². The molecule has 0 saturated carbocycles. The summed E-state index contributed by atoms with van der Waals surface area (Å²) in [6.45, 7) is 1.41. The van der Waals surface area contributed by atoms with Crippen molar-refractivity contribution in [2.75, 3.05) is 7.11 Å². The number of rotatable bonds is 5. The SMILES string of the molecule is COc1ccc(C(C)=O)cc1COC(=O)c1cccc(Cl)c1Cl. The van der Waals surface area contributed by atoms with Crippen molar-refractivity contribution in [3.8, 4) is 5.75 Å². The predicted octanol–water partition coefficient (Wildman–Crippen LogP) is 4.56. The minimum atomic E-state index is -0.604. The van der Waals surface area contributed by atoms with Crippen LogP contribution in [-0.4, -0.2) is 18.9 Å². The number of hydrogen-bond donors (Lipinski definition) is 0. The van der Waals surface area contributed by atoms with Crippen LogP contribution in [-0.2, 0) is 11.3 Å². The third-order valence-electron chi connectivity index (χ3n) is 3.22. The zero-order chi connectivity index (χ0) is 17.0. The zero-order valence-corrected chi connectivity index (χ0v) is 14.1. The predicted molar refractivity (Wildman–Crippen MR) is 88.6 cm³/mol. The molecule has 6 heteroatoms. The van der Waals surface area contributed by atoms with E-state index in [2.05, 4.69) is 0 Å². The molecule has 0 aliphatic heterocycles. The van der Waals surface area contributed by atoms with Gasteiger partial charge in [-0.3, -0.25) is 4.79 Å². The Morgan fingerprint density at radius 2 is 1.87 bits per heavy atom. The van der Waals surface area contributed by atoms with E-state index in [1.165, 1.54) is 20.1 Å². The van der Waals surface area contributed by atoms with Crippen molar-refractivity contribution in [3.63, 3.8) is 0 Å². The molecule has 120 valence electrons. The van der Waals surface area contributed by atoms with E-state index in [1.54, 1.807) is 30.3 Å². The molecule has 0 heterocycles. The molecule has 0 aliphatic rings. The summed E-state index contributed by atoms with van der Waals surface area (Å²) >= 11 is 11.9. The van der Waals surface area contributed by atoms with Gasteiger partial charge in [-0.2, -0.15) is 0 Å². The average molecular weight is 353 g/mol. The van der Waals surface area contributed by atoms with Crippen LogP contribution in [0, 0.1) is 0 Å². The fraction of sp³-hybridized carbons (Fsp3) is 0.176. The van der Waals surface area contributed by atoms with E-state index in [4.69, 9.17) is 32.7 Å². The Hall–Kier alpha value is -2.04. The molecular weight excluding hydrogens is 339 g/mol. The summed E-state index contributed by atoms with van der Waals surface area (Å²) in [6, 6.07) is 9.67. The van der Waals surface area contributed by atoms with Gasteiger partial charge in [0.1, 0.15) is 12.4 Å². The number of halogens is 2. The second-order valence-electron chi connectivity index (χ2n) is 4.76. The van der Waals surface area contributed by atoms with E-state index in [0.717, 1.165) is 0 Å². The molecule has 0 atom stereocenters. The van der Waals surface area contributed by atoms with Gasteiger partial charge in [-0.15, -0.1) is 0 Å². The summed E-state index contributed by atoms with van der Waals surface area (Å²) < 4.78 is 10.5. The molecule has 23 heavy (non-hydrogen) atoms. The van der Waals surface area contributed by atoms with E-state index in [9.17, 15) is 9.59 Å². The number of carbonyl (C=O) groups is 2. The Morgan fingerprint density at radius 1 is 1.13 bits per heavy atom. The topological polar surface area (TPSA) is 52.6 Å². The van der Waals surface area contributed by atoms with Crippen LogP contribution < -0.4 is 4.74 Å². The van der Waals surface area contributed by atoms with Gasteiger partial charge in [0, 0.05) is 11.1 Å². The van der Waals surface area contributed by atoms with E-state index in [-0.39, 0.29) is 28.0 Å². The number of benzene rings is 2. The van der Waals surface area contributed by atoms with Crippen molar-refractivity contribution in [1.29, 1.82) is 0 Å². The van der Waals surface area contributed by atoms with Gasteiger partial charge in [-0.25, -0.2) is 4.79 Å². The van der Waals surface area contributed by atoms with Crippen molar-refractivity contribution in [2.45, 2.75) is 13.5 Å². The third-order valence-corrected chi connectivity index (χ3v) is 4.04. The maximum absolute atomic E-state index is 12.1. The number of ether oxygens (including phenoxy) is 2. The Labute approximate surface area is 143 Å². The molecule has 0 unspecified atom stereocenters. The highest BCUT2D eigenvalue weighted by atomic mass is 35.5. The molecular formula is C17H14Cl2O4. The lowest BCUT2D eigenvalue weighted by atomic mass is 10.1. The average Bonchev–Trinajstić information content (AvgIpc) is 2.54. The number of methoxy groups -OCH3 is 1. The third kappa shape index (κ3) is 4.03. The van der Waals surface area contributed by atoms with Crippen LogP contribution in [0.2, 0.25) is 10.0 Å². The van der Waals surface area contributed by atoms with Crippen LogP contribution in [0.15, 0.2) is 36.4 Å². The molecule has 2 aromatic carbocycles. The first-order chi connectivity index (χ1) is 10.9. The minimum absolute atomic E-state index is 0.0496. The van der Waals surface area contributed by atoms with Crippen molar-refractivity contribution in [1.82, 2.24) is 0 Å². The van der Waals surface area contributed by atoms with Gasteiger partial charge in [0.2, 0.25) is 0 Å². The van der Waals surface area contributed by atoms with E-state index < -0.39 is 5.97 Å². The second kappa shape index (κ2) is 7.49. The van der Waals surface area contributed by atoms with Gasteiger partial charge in [-0.05, 0) is 37.3 Å². The van der Waals surface area contributed by atoms with Gasteiger partial charge in [0.05, 0.1) is 22.7 Å². The van der Waals surface area contributed by atoms with E-state index in [0.29, 0.717) is 16.9 Å². The van der Waals surface area contributed by atoms with Crippen molar-refractivity contribution in [3.05, 3.63) is 63.1 Å². The highest BCUT2D eigenvalue weighted by molar-refractivity contribution is 6.43. The maximum atomic E-state index is 12.1. The summed E-state index contributed by atoms with van der Waals surface area (Å²) in [4.78, 5) is 23.6. The number of hydrogen-bond acceptors (Lipinski definition) is 4. The molecule has 0 N–H and O–H groups in total. The Kier molecular flexibility index (Phi) is 5.64. The van der Waals surface area contributed by atoms with Crippen molar-refractivity contribution < 1.29 is 19.1 Å². The molecule has 0 aromatic heterocycles. The second-order valence-corrected chi connectivity index (χ2v) is 5.55. The number of ketones is 1. The van der Waals surface area contributed by atoms with Crippen LogP contribution in [0.5, 0.6) is 5.75 Å². The van der Waals surface area contributed by atoms with Gasteiger partial charge in [0.15, 0.2) is 5.78 Å². The molecule has 0 bridgehead atoms. The lowest BCUT2D eigenvalue weighted by Crippen LogP contribution is -2.07. The Balaban J connectivity index is 2.20. The molecule has 4 nitrogen and oxygen atoms in total. The highest BCUT2D eigenvalue weighted by Crippen LogP contribution is 2.27. The van der Waals surface area contributed by atoms with Crippen LogP contribution in [0.1, 0.15) is 33.2 Å². The van der Waals surface area contributed by atoms with Crippen LogP contribution >= 0.6 is 23.2 Å². The first-order valence-corrected chi connectivity index (χ1v) is 7.48. The molecule has 0 amide bonds. The Morgan fingerprint density at radius 3 is 2.52 bits per heavy atom.